The summed E-state index contributed by atoms with van der Waals surface area (Å²) in [6, 6.07) is 4.27. The van der Waals surface area contributed by atoms with E-state index in [2.05, 4.69) is 18.3 Å². The summed E-state index contributed by atoms with van der Waals surface area (Å²) in [5.41, 5.74) is 3.50. The van der Waals surface area contributed by atoms with Crippen LogP contribution in [0.4, 0.5) is 0 Å². The van der Waals surface area contributed by atoms with Gasteiger partial charge in [0, 0.05) is 12.6 Å². The maximum absolute atomic E-state index is 12.0. The molecule has 1 aliphatic rings. The van der Waals surface area contributed by atoms with Gasteiger partial charge in [-0.15, -0.1) is 0 Å². The number of ether oxygens (including phenoxy) is 1. The molecule has 0 aliphatic heterocycles. The van der Waals surface area contributed by atoms with Crippen molar-refractivity contribution in [3.8, 4) is 5.75 Å². The molecule has 22 heavy (non-hydrogen) atoms. The van der Waals surface area contributed by atoms with Crippen LogP contribution in [-0.4, -0.2) is 30.3 Å². The van der Waals surface area contributed by atoms with Gasteiger partial charge in [-0.2, -0.15) is 0 Å². The minimum Gasteiger partial charge on any atom is -0.493 e. The number of amides is 1. The Morgan fingerprint density at radius 1 is 1.36 bits per heavy atom. The van der Waals surface area contributed by atoms with Gasteiger partial charge in [0.15, 0.2) is 0 Å². The van der Waals surface area contributed by atoms with E-state index in [0.29, 0.717) is 25.4 Å². The molecule has 1 saturated carbocycles. The lowest BCUT2D eigenvalue weighted by molar-refractivity contribution is -0.122. The number of aliphatic hydroxyl groups is 1. The largest absolute Gasteiger partial charge is 0.493 e. The molecule has 1 aromatic rings. The summed E-state index contributed by atoms with van der Waals surface area (Å²) >= 11 is 0. The predicted molar refractivity (Wildman–Crippen MR) is 87.1 cm³/mol. The van der Waals surface area contributed by atoms with Gasteiger partial charge >= 0.3 is 0 Å². The molecule has 122 valence electrons. The molecule has 0 saturated heterocycles. The van der Waals surface area contributed by atoms with E-state index in [9.17, 15) is 4.79 Å². The molecule has 4 nitrogen and oxygen atoms in total. The van der Waals surface area contributed by atoms with Crippen LogP contribution < -0.4 is 10.1 Å². The number of aliphatic hydroxyl groups excluding tert-OH is 1. The Morgan fingerprint density at radius 2 is 2.09 bits per heavy atom. The molecule has 4 heteroatoms. The van der Waals surface area contributed by atoms with Gasteiger partial charge in [0.25, 0.3) is 0 Å². The number of benzene rings is 1. The van der Waals surface area contributed by atoms with E-state index in [-0.39, 0.29) is 18.6 Å². The first-order chi connectivity index (χ1) is 10.5. The molecule has 1 unspecified atom stereocenters. The molecule has 1 fully saturated rings. The van der Waals surface area contributed by atoms with Gasteiger partial charge in [-0.1, -0.05) is 6.07 Å². The van der Waals surface area contributed by atoms with Crippen molar-refractivity contribution in [2.45, 2.75) is 52.5 Å². The average molecular weight is 305 g/mol. The summed E-state index contributed by atoms with van der Waals surface area (Å²) in [7, 11) is 0. The van der Waals surface area contributed by atoms with Gasteiger partial charge in [0.05, 0.1) is 13.0 Å². The minimum atomic E-state index is 0.00683. The van der Waals surface area contributed by atoms with E-state index in [4.69, 9.17) is 9.84 Å². The summed E-state index contributed by atoms with van der Waals surface area (Å²) in [4.78, 5) is 12.0. The normalized spacial score (nSPS) is 15.5. The zero-order valence-corrected chi connectivity index (χ0v) is 13.8. The van der Waals surface area contributed by atoms with Gasteiger partial charge in [-0.3, -0.25) is 4.79 Å². The van der Waals surface area contributed by atoms with E-state index in [1.807, 2.05) is 19.9 Å². The Labute approximate surface area is 132 Å². The van der Waals surface area contributed by atoms with E-state index < -0.39 is 0 Å². The number of aryl methyl sites for hydroxylation is 2. The van der Waals surface area contributed by atoms with Crippen LogP contribution in [0, 0.1) is 26.7 Å². The first kappa shape index (κ1) is 16.8. The third kappa shape index (κ3) is 4.73. The van der Waals surface area contributed by atoms with Crippen molar-refractivity contribution in [1.29, 1.82) is 0 Å². The fourth-order valence-electron chi connectivity index (χ4n) is 2.75. The Hall–Kier alpha value is -1.55. The number of nitrogens with one attached hydrogen (secondary N) is 1. The van der Waals surface area contributed by atoms with Crippen LogP contribution >= 0.6 is 0 Å². The fourth-order valence-corrected chi connectivity index (χ4v) is 2.75. The summed E-state index contributed by atoms with van der Waals surface area (Å²) in [5.74, 6) is 1.42. The monoisotopic (exact) mass is 305 g/mol. The van der Waals surface area contributed by atoms with E-state index >= 15 is 0 Å². The van der Waals surface area contributed by atoms with Crippen LogP contribution in [-0.2, 0) is 4.79 Å². The second kappa shape index (κ2) is 7.63. The minimum absolute atomic E-state index is 0.00683. The van der Waals surface area contributed by atoms with Crippen LogP contribution in [0.15, 0.2) is 12.1 Å². The summed E-state index contributed by atoms with van der Waals surface area (Å²) in [6.45, 7) is 6.65. The lowest BCUT2D eigenvalue weighted by atomic mass is 10.1. The third-order valence-corrected chi connectivity index (χ3v) is 4.33. The van der Waals surface area contributed by atoms with Crippen molar-refractivity contribution in [2.75, 3.05) is 13.2 Å². The highest BCUT2D eigenvalue weighted by Gasteiger charge is 2.31. The van der Waals surface area contributed by atoms with Crippen LogP contribution in [0.25, 0.3) is 0 Å². The molecule has 1 aliphatic carbocycles. The molecular weight excluding hydrogens is 278 g/mol. The topological polar surface area (TPSA) is 58.6 Å². The smallest absolute Gasteiger partial charge is 0.223 e. The van der Waals surface area contributed by atoms with Crippen molar-refractivity contribution in [3.05, 3.63) is 28.8 Å². The Bertz CT molecular complexity index is 523. The standard InChI is InChI=1S/C18H27NO3/c1-12-10-13(2)14(3)17(11-12)22-9-7-18(21)19-16(6-8-20)15-4-5-15/h10-11,15-16,20H,4-9H2,1-3H3,(H,19,21). The van der Waals surface area contributed by atoms with Gasteiger partial charge < -0.3 is 15.2 Å². The average Bonchev–Trinajstić information content (AvgIpc) is 3.28. The summed E-state index contributed by atoms with van der Waals surface area (Å²) in [5, 5.41) is 12.1. The summed E-state index contributed by atoms with van der Waals surface area (Å²) < 4.78 is 5.78. The second-order valence-corrected chi connectivity index (χ2v) is 6.33. The maximum atomic E-state index is 12.0. The van der Waals surface area contributed by atoms with Gasteiger partial charge in [-0.25, -0.2) is 0 Å². The van der Waals surface area contributed by atoms with Crippen LogP contribution in [0.1, 0.15) is 42.4 Å². The SMILES string of the molecule is Cc1cc(C)c(C)c(OCCC(=O)NC(CCO)C2CC2)c1. The highest BCUT2D eigenvalue weighted by Crippen LogP contribution is 2.33. The molecule has 1 atom stereocenters. The van der Waals surface area contributed by atoms with Crippen molar-refractivity contribution in [1.82, 2.24) is 5.32 Å². The molecule has 2 rings (SSSR count). The van der Waals surface area contributed by atoms with Gasteiger partial charge in [0.2, 0.25) is 5.91 Å². The quantitative estimate of drug-likeness (QED) is 0.776. The van der Waals surface area contributed by atoms with Gasteiger partial charge in [-0.05, 0) is 68.7 Å². The number of rotatable bonds is 8. The van der Waals surface area contributed by atoms with Crippen LogP contribution in [0.3, 0.4) is 0 Å². The van der Waals surface area contributed by atoms with Crippen molar-refractivity contribution < 1.29 is 14.6 Å². The lowest BCUT2D eigenvalue weighted by Crippen LogP contribution is -2.37. The Kier molecular flexibility index (Phi) is 5.83. The zero-order chi connectivity index (χ0) is 16.1. The van der Waals surface area contributed by atoms with E-state index in [0.717, 1.165) is 24.2 Å². The summed E-state index contributed by atoms with van der Waals surface area (Å²) in [6.07, 6.45) is 3.31. The highest BCUT2D eigenvalue weighted by molar-refractivity contribution is 5.76. The zero-order valence-electron chi connectivity index (χ0n) is 13.8. The van der Waals surface area contributed by atoms with Crippen LogP contribution in [0.5, 0.6) is 5.75 Å². The molecule has 0 bridgehead atoms. The maximum Gasteiger partial charge on any atom is 0.223 e. The molecule has 1 amide bonds. The van der Waals surface area contributed by atoms with Crippen molar-refractivity contribution in [3.63, 3.8) is 0 Å². The number of hydrogen-bond acceptors (Lipinski definition) is 3. The second-order valence-electron chi connectivity index (χ2n) is 6.33. The van der Waals surface area contributed by atoms with Crippen LogP contribution in [0.2, 0.25) is 0 Å². The Balaban J connectivity index is 1.79. The van der Waals surface area contributed by atoms with Crippen molar-refractivity contribution in [2.24, 2.45) is 5.92 Å². The van der Waals surface area contributed by atoms with Gasteiger partial charge in [0.1, 0.15) is 5.75 Å². The van der Waals surface area contributed by atoms with E-state index in [1.165, 1.54) is 11.1 Å². The predicted octanol–water partition coefficient (Wildman–Crippen LogP) is 2.66. The molecule has 2 N–H and O–H groups in total. The molecule has 0 heterocycles. The molecule has 0 aromatic heterocycles. The van der Waals surface area contributed by atoms with Crippen molar-refractivity contribution >= 4 is 5.91 Å². The lowest BCUT2D eigenvalue weighted by Gasteiger charge is -2.17. The first-order valence-corrected chi connectivity index (χ1v) is 8.12. The molecular formula is C18H27NO3. The number of hydrogen-bond donors (Lipinski definition) is 2. The Morgan fingerprint density at radius 3 is 2.73 bits per heavy atom. The molecule has 1 aromatic carbocycles. The van der Waals surface area contributed by atoms with E-state index in [1.54, 1.807) is 0 Å². The first-order valence-electron chi connectivity index (χ1n) is 8.12. The third-order valence-electron chi connectivity index (χ3n) is 4.33. The number of carbonyl (C=O) groups excluding carboxylic acids is 1. The molecule has 0 spiro atoms. The fraction of sp³-hybridized carbons (Fsp3) is 0.611. The highest BCUT2D eigenvalue weighted by atomic mass is 16.5. The molecule has 0 radical (unpaired) electrons. The number of carbonyl (C=O) groups is 1.